The summed E-state index contributed by atoms with van der Waals surface area (Å²) in [7, 11) is 0. The summed E-state index contributed by atoms with van der Waals surface area (Å²) >= 11 is 0. The molecule has 0 radical (unpaired) electrons. The van der Waals surface area contributed by atoms with Crippen LogP contribution in [0.4, 0.5) is 0 Å². The zero-order valence-electron chi connectivity index (χ0n) is 11.8. The number of allylic oxidation sites excluding steroid dienone is 1. The van der Waals surface area contributed by atoms with Crippen LogP contribution in [-0.2, 0) is 6.54 Å². The highest BCUT2D eigenvalue weighted by Crippen LogP contribution is 2.13. The first-order valence-electron chi connectivity index (χ1n) is 6.88. The number of aryl methyl sites for hydroxylation is 1. The standard InChI is InChI=1S/C17H16N4/c1-14-9-11-16(12-10-14)17-18-20-21(19-17)13-5-8-15-6-3-2-4-7-15/h2-12H,13H2,1H3/b8-5-. The van der Waals surface area contributed by atoms with E-state index in [4.69, 9.17) is 0 Å². The molecule has 3 aromatic rings. The Balaban J connectivity index is 1.68. The molecule has 1 aromatic heterocycles. The largest absolute Gasteiger partial charge is 0.204 e. The van der Waals surface area contributed by atoms with E-state index >= 15 is 0 Å². The molecule has 0 amide bonds. The van der Waals surface area contributed by atoms with Crippen molar-refractivity contribution in [2.75, 3.05) is 0 Å². The van der Waals surface area contributed by atoms with E-state index in [1.165, 1.54) is 5.56 Å². The van der Waals surface area contributed by atoms with Gasteiger partial charge in [-0.25, -0.2) is 0 Å². The number of rotatable bonds is 4. The molecule has 0 atom stereocenters. The lowest BCUT2D eigenvalue weighted by atomic mass is 10.1. The van der Waals surface area contributed by atoms with Gasteiger partial charge in [0.2, 0.25) is 5.82 Å². The van der Waals surface area contributed by atoms with Crippen LogP contribution in [0.2, 0.25) is 0 Å². The Kier molecular flexibility index (Phi) is 3.87. The van der Waals surface area contributed by atoms with E-state index in [1.807, 2.05) is 48.5 Å². The van der Waals surface area contributed by atoms with Crippen molar-refractivity contribution in [2.45, 2.75) is 13.5 Å². The average Bonchev–Trinajstić information content (AvgIpc) is 2.98. The van der Waals surface area contributed by atoms with Crippen LogP contribution in [0.25, 0.3) is 17.5 Å². The third-order valence-corrected chi connectivity index (χ3v) is 3.14. The second-order valence-corrected chi connectivity index (χ2v) is 4.85. The van der Waals surface area contributed by atoms with E-state index in [0.717, 1.165) is 11.1 Å². The number of nitrogens with zero attached hydrogens (tertiary/aromatic N) is 4. The van der Waals surface area contributed by atoms with Gasteiger partial charge < -0.3 is 0 Å². The number of tetrazole rings is 1. The van der Waals surface area contributed by atoms with Gasteiger partial charge in [0.1, 0.15) is 0 Å². The van der Waals surface area contributed by atoms with E-state index in [-0.39, 0.29) is 0 Å². The Morgan fingerprint density at radius 2 is 1.76 bits per heavy atom. The SMILES string of the molecule is Cc1ccc(-c2nnn(C/C=C\c3ccccc3)n2)cc1. The van der Waals surface area contributed by atoms with E-state index in [9.17, 15) is 0 Å². The first-order chi connectivity index (χ1) is 10.3. The Morgan fingerprint density at radius 3 is 2.52 bits per heavy atom. The molecule has 21 heavy (non-hydrogen) atoms. The molecule has 1 heterocycles. The summed E-state index contributed by atoms with van der Waals surface area (Å²) in [5.41, 5.74) is 3.37. The zero-order chi connectivity index (χ0) is 14.5. The number of benzene rings is 2. The zero-order valence-corrected chi connectivity index (χ0v) is 11.8. The number of aromatic nitrogens is 4. The topological polar surface area (TPSA) is 43.6 Å². The Labute approximate surface area is 123 Å². The fraction of sp³-hybridized carbons (Fsp3) is 0.118. The highest BCUT2D eigenvalue weighted by Gasteiger charge is 2.04. The van der Waals surface area contributed by atoms with Gasteiger partial charge in [-0.1, -0.05) is 72.3 Å². The maximum Gasteiger partial charge on any atom is 0.204 e. The van der Waals surface area contributed by atoms with Crippen molar-refractivity contribution >= 4 is 6.08 Å². The average molecular weight is 276 g/mol. The molecule has 0 spiro atoms. The predicted octanol–water partition coefficient (Wildman–Crippen LogP) is 3.36. The molecule has 0 fully saturated rings. The van der Waals surface area contributed by atoms with Crippen LogP contribution >= 0.6 is 0 Å². The molecular weight excluding hydrogens is 260 g/mol. The van der Waals surface area contributed by atoms with Crippen molar-refractivity contribution in [3.05, 3.63) is 71.8 Å². The van der Waals surface area contributed by atoms with Crippen molar-refractivity contribution in [2.24, 2.45) is 0 Å². The maximum absolute atomic E-state index is 4.38. The maximum atomic E-state index is 4.38. The summed E-state index contributed by atoms with van der Waals surface area (Å²) in [4.78, 5) is 1.59. The quantitative estimate of drug-likeness (QED) is 0.734. The summed E-state index contributed by atoms with van der Waals surface area (Å²) in [5, 5.41) is 12.5. The minimum Gasteiger partial charge on any atom is -0.160 e. The van der Waals surface area contributed by atoms with Crippen molar-refractivity contribution in [1.29, 1.82) is 0 Å². The van der Waals surface area contributed by atoms with Gasteiger partial charge in [-0.15, -0.1) is 10.2 Å². The highest BCUT2D eigenvalue weighted by atomic mass is 15.6. The fourth-order valence-electron chi connectivity index (χ4n) is 1.99. The highest BCUT2D eigenvalue weighted by molar-refractivity contribution is 5.54. The first-order valence-corrected chi connectivity index (χ1v) is 6.88. The Morgan fingerprint density at radius 1 is 1.00 bits per heavy atom. The molecule has 104 valence electrons. The normalized spacial score (nSPS) is 11.1. The molecule has 4 heteroatoms. The van der Waals surface area contributed by atoms with Crippen LogP contribution in [0.1, 0.15) is 11.1 Å². The number of hydrogen-bond acceptors (Lipinski definition) is 3. The molecule has 0 saturated carbocycles. The predicted molar refractivity (Wildman–Crippen MR) is 83.5 cm³/mol. The smallest absolute Gasteiger partial charge is 0.160 e. The van der Waals surface area contributed by atoms with Crippen LogP contribution in [0.15, 0.2) is 60.7 Å². The summed E-state index contributed by atoms with van der Waals surface area (Å²) in [6.45, 7) is 2.66. The van der Waals surface area contributed by atoms with Crippen molar-refractivity contribution in [1.82, 2.24) is 20.2 Å². The Hall–Kier alpha value is -2.75. The van der Waals surface area contributed by atoms with E-state index in [1.54, 1.807) is 4.80 Å². The van der Waals surface area contributed by atoms with Gasteiger partial charge in [0.05, 0.1) is 6.54 Å². The second-order valence-electron chi connectivity index (χ2n) is 4.85. The van der Waals surface area contributed by atoms with E-state index < -0.39 is 0 Å². The number of hydrogen-bond donors (Lipinski definition) is 0. The van der Waals surface area contributed by atoms with Gasteiger partial charge in [0.15, 0.2) is 0 Å². The molecule has 0 bridgehead atoms. The third kappa shape index (κ3) is 3.42. The molecule has 4 nitrogen and oxygen atoms in total. The van der Waals surface area contributed by atoms with Crippen LogP contribution in [0.5, 0.6) is 0 Å². The molecule has 0 N–H and O–H groups in total. The van der Waals surface area contributed by atoms with Crippen molar-refractivity contribution in [3.63, 3.8) is 0 Å². The minimum atomic E-state index is 0.605. The summed E-state index contributed by atoms with van der Waals surface area (Å²) in [6.07, 6.45) is 4.07. The van der Waals surface area contributed by atoms with Crippen molar-refractivity contribution in [3.8, 4) is 11.4 Å². The summed E-state index contributed by atoms with van der Waals surface area (Å²) in [5.74, 6) is 0.656. The monoisotopic (exact) mass is 276 g/mol. The lowest BCUT2D eigenvalue weighted by molar-refractivity contribution is 0.583. The summed E-state index contributed by atoms with van der Waals surface area (Å²) in [6, 6.07) is 18.3. The van der Waals surface area contributed by atoms with Gasteiger partial charge in [-0.2, -0.15) is 4.80 Å². The summed E-state index contributed by atoms with van der Waals surface area (Å²) < 4.78 is 0. The Bertz CT molecular complexity index is 727. The fourth-order valence-corrected chi connectivity index (χ4v) is 1.99. The van der Waals surface area contributed by atoms with Crippen LogP contribution in [0.3, 0.4) is 0 Å². The van der Waals surface area contributed by atoms with Gasteiger partial charge in [0, 0.05) is 5.56 Å². The van der Waals surface area contributed by atoms with Gasteiger partial charge in [-0.05, 0) is 17.7 Å². The van der Waals surface area contributed by atoms with E-state index in [2.05, 4.69) is 40.5 Å². The molecule has 2 aromatic carbocycles. The molecule has 0 unspecified atom stereocenters. The minimum absolute atomic E-state index is 0.605. The van der Waals surface area contributed by atoms with Crippen LogP contribution in [0, 0.1) is 6.92 Å². The van der Waals surface area contributed by atoms with Gasteiger partial charge >= 0.3 is 0 Å². The molecule has 0 saturated heterocycles. The molecule has 0 aliphatic rings. The molecule has 0 aliphatic heterocycles. The van der Waals surface area contributed by atoms with Gasteiger partial charge in [0.25, 0.3) is 0 Å². The molecule has 0 aliphatic carbocycles. The van der Waals surface area contributed by atoms with Crippen LogP contribution in [-0.4, -0.2) is 20.2 Å². The first kappa shape index (κ1) is 13.2. The third-order valence-electron chi connectivity index (χ3n) is 3.14. The second kappa shape index (κ2) is 6.13. The van der Waals surface area contributed by atoms with Crippen molar-refractivity contribution < 1.29 is 0 Å². The van der Waals surface area contributed by atoms with Crippen LogP contribution < -0.4 is 0 Å². The lowest BCUT2D eigenvalue weighted by Gasteiger charge is -1.95. The van der Waals surface area contributed by atoms with E-state index in [0.29, 0.717) is 12.4 Å². The molecule has 3 rings (SSSR count). The van der Waals surface area contributed by atoms with Gasteiger partial charge in [-0.3, -0.25) is 0 Å². The lowest BCUT2D eigenvalue weighted by Crippen LogP contribution is -1.99. The molecular formula is C17H16N4.